The zero-order chi connectivity index (χ0) is 20.7. The first-order valence-corrected chi connectivity index (χ1v) is 11.0. The van der Waals surface area contributed by atoms with E-state index in [-0.39, 0.29) is 17.6 Å². The van der Waals surface area contributed by atoms with Gasteiger partial charge in [0.05, 0.1) is 18.0 Å². The maximum Gasteiger partial charge on any atom is 0.348 e. The van der Waals surface area contributed by atoms with Gasteiger partial charge in [0.2, 0.25) is 0 Å². The van der Waals surface area contributed by atoms with Gasteiger partial charge in [0.25, 0.3) is 0 Å². The Hall–Kier alpha value is -2.87. The number of carbonyl (C=O) groups excluding carboxylic acids is 1. The number of nitriles is 1. The molecule has 0 unspecified atom stereocenters. The minimum Gasteiger partial charge on any atom is -0.462 e. The maximum atomic E-state index is 12.3. The number of rotatable bonds is 5. The second-order valence-corrected chi connectivity index (χ2v) is 9.30. The third-order valence-electron chi connectivity index (χ3n) is 7.22. The SMILES string of the molecule is CCOC(=O)/C(C#N)=C\c1cn(-c2ccccc2)nc1C12CC3CC(CC(C3)C1)C2. The van der Waals surface area contributed by atoms with Crippen molar-refractivity contribution in [3.63, 3.8) is 0 Å². The van der Waals surface area contributed by atoms with Crippen LogP contribution in [-0.4, -0.2) is 22.4 Å². The molecule has 4 aliphatic carbocycles. The first-order valence-electron chi connectivity index (χ1n) is 11.0. The molecule has 0 aliphatic heterocycles. The minimum absolute atomic E-state index is 0.0374. The van der Waals surface area contributed by atoms with E-state index >= 15 is 0 Å². The maximum absolute atomic E-state index is 12.3. The minimum atomic E-state index is -0.566. The smallest absolute Gasteiger partial charge is 0.348 e. The zero-order valence-corrected chi connectivity index (χ0v) is 17.4. The molecule has 154 valence electrons. The summed E-state index contributed by atoms with van der Waals surface area (Å²) in [5.74, 6) is 1.80. The summed E-state index contributed by atoms with van der Waals surface area (Å²) in [6, 6.07) is 12.1. The van der Waals surface area contributed by atoms with Crippen molar-refractivity contribution in [2.45, 2.75) is 50.9 Å². The van der Waals surface area contributed by atoms with Crippen LogP contribution in [-0.2, 0) is 14.9 Å². The lowest BCUT2D eigenvalue weighted by Crippen LogP contribution is -2.49. The number of carbonyl (C=O) groups is 1. The van der Waals surface area contributed by atoms with Gasteiger partial charge in [-0.05, 0) is 81.4 Å². The molecular weight excluding hydrogens is 374 g/mol. The second kappa shape index (κ2) is 7.43. The van der Waals surface area contributed by atoms with E-state index in [9.17, 15) is 10.1 Å². The highest BCUT2D eigenvalue weighted by molar-refractivity contribution is 5.98. The van der Waals surface area contributed by atoms with Gasteiger partial charge in [-0.15, -0.1) is 0 Å². The average Bonchev–Trinajstić information content (AvgIpc) is 3.17. The van der Waals surface area contributed by atoms with E-state index in [2.05, 4.69) is 0 Å². The molecule has 2 aromatic rings. The van der Waals surface area contributed by atoms with Crippen LogP contribution < -0.4 is 0 Å². The van der Waals surface area contributed by atoms with Gasteiger partial charge in [0.1, 0.15) is 11.6 Å². The Balaban J connectivity index is 1.62. The molecule has 30 heavy (non-hydrogen) atoms. The lowest BCUT2D eigenvalue weighted by molar-refractivity contribution is -0.137. The van der Waals surface area contributed by atoms with E-state index in [0.29, 0.717) is 0 Å². The van der Waals surface area contributed by atoms with Crippen LogP contribution in [0.3, 0.4) is 0 Å². The fourth-order valence-corrected chi connectivity index (χ4v) is 6.52. The Kier molecular flexibility index (Phi) is 4.73. The normalized spacial score (nSPS) is 29.6. The van der Waals surface area contributed by atoms with Crippen molar-refractivity contribution >= 4 is 12.0 Å². The summed E-state index contributed by atoms with van der Waals surface area (Å²) in [5, 5.41) is 14.7. The highest BCUT2D eigenvalue weighted by atomic mass is 16.5. The molecule has 5 heteroatoms. The van der Waals surface area contributed by atoms with Crippen LogP contribution in [0.15, 0.2) is 42.1 Å². The van der Waals surface area contributed by atoms with Gasteiger partial charge in [0.15, 0.2) is 0 Å². The van der Waals surface area contributed by atoms with Crippen LogP contribution >= 0.6 is 0 Å². The summed E-state index contributed by atoms with van der Waals surface area (Å²) in [6.07, 6.45) is 11.3. The zero-order valence-electron chi connectivity index (χ0n) is 17.4. The number of hydrogen-bond donors (Lipinski definition) is 0. The van der Waals surface area contributed by atoms with E-state index in [1.807, 2.05) is 47.3 Å². The van der Waals surface area contributed by atoms with E-state index < -0.39 is 5.97 Å². The first kappa shape index (κ1) is 19.1. The van der Waals surface area contributed by atoms with Crippen LogP contribution in [0.5, 0.6) is 0 Å². The quantitative estimate of drug-likeness (QED) is 0.410. The second-order valence-electron chi connectivity index (χ2n) is 9.30. The molecule has 1 heterocycles. The van der Waals surface area contributed by atoms with Crippen LogP contribution in [0, 0.1) is 29.1 Å². The Bertz CT molecular complexity index is 993. The monoisotopic (exact) mass is 401 g/mol. The largest absolute Gasteiger partial charge is 0.462 e. The van der Waals surface area contributed by atoms with Gasteiger partial charge in [-0.1, -0.05) is 18.2 Å². The standard InChI is InChI=1S/C25H27N3O2/c1-2-30-24(29)20(15-26)11-21-16-28(22-6-4-3-5-7-22)27-23(21)25-12-17-8-18(13-25)10-19(9-17)14-25/h3-7,11,16-19H,2,8-10,12-14H2,1H3/b20-11-. The lowest BCUT2D eigenvalue weighted by atomic mass is 9.48. The van der Waals surface area contributed by atoms with E-state index in [1.165, 1.54) is 38.5 Å². The summed E-state index contributed by atoms with van der Waals surface area (Å²) < 4.78 is 6.99. The topological polar surface area (TPSA) is 67.9 Å². The fraction of sp³-hybridized carbons (Fsp3) is 0.480. The number of benzene rings is 1. The van der Waals surface area contributed by atoms with Crippen molar-refractivity contribution in [1.82, 2.24) is 9.78 Å². The molecule has 4 aliphatic rings. The first-order chi connectivity index (χ1) is 14.6. The van der Waals surface area contributed by atoms with Crippen molar-refractivity contribution in [3.8, 4) is 11.8 Å². The molecule has 5 nitrogen and oxygen atoms in total. The molecule has 1 aromatic carbocycles. The lowest BCUT2D eigenvalue weighted by Gasteiger charge is -2.56. The van der Waals surface area contributed by atoms with Gasteiger partial charge in [-0.3, -0.25) is 0 Å². The fourth-order valence-electron chi connectivity index (χ4n) is 6.52. The molecule has 0 N–H and O–H groups in total. The predicted molar refractivity (Wildman–Crippen MR) is 114 cm³/mol. The van der Waals surface area contributed by atoms with Crippen molar-refractivity contribution in [3.05, 3.63) is 53.4 Å². The van der Waals surface area contributed by atoms with Crippen LogP contribution in [0.25, 0.3) is 11.8 Å². The number of para-hydroxylation sites is 1. The molecule has 4 saturated carbocycles. The van der Waals surface area contributed by atoms with Gasteiger partial charge >= 0.3 is 5.97 Å². The number of ether oxygens (including phenoxy) is 1. The predicted octanol–water partition coefficient (Wildman–Crippen LogP) is 4.81. The Labute approximate surface area is 177 Å². The molecule has 4 bridgehead atoms. The number of nitrogens with zero attached hydrogens (tertiary/aromatic N) is 3. The number of hydrogen-bond acceptors (Lipinski definition) is 4. The third-order valence-corrected chi connectivity index (χ3v) is 7.22. The highest BCUT2D eigenvalue weighted by Gasteiger charge is 2.53. The van der Waals surface area contributed by atoms with E-state index in [4.69, 9.17) is 9.84 Å². The molecule has 4 fully saturated rings. The Morgan fingerprint density at radius 1 is 1.20 bits per heavy atom. The molecule has 1 aromatic heterocycles. The molecule has 0 spiro atoms. The van der Waals surface area contributed by atoms with Crippen LogP contribution in [0.4, 0.5) is 0 Å². The van der Waals surface area contributed by atoms with E-state index in [1.54, 1.807) is 13.0 Å². The highest BCUT2D eigenvalue weighted by Crippen LogP contribution is 2.61. The molecule has 6 rings (SSSR count). The van der Waals surface area contributed by atoms with Gasteiger partial charge in [-0.2, -0.15) is 10.4 Å². The van der Waals surface area contributed by atoms with Gasteiger partial charge in [-0.25, -0.2) is 9.48 Å². The summed E-state index contributed by atoms with van der Waals surface area (Å²) >= 11 is 0. The van der Waals surface area contributed by atoms with Crippen molar-refractivity contribution in [1.29, 1.82) is 5.26 Å². The third kappa shape index (κ3) is 3.25. The Morgan fingerprint density at radius 3 is 2.40 bits per heavy atom. The molecule has 0 radical (unpaired) electrons. The summed E-state index contributed by atoms with van der Waals surface area (Å²) in [4.78, 5) is 12.3. The van der Waals surface area contributed by atoms with E-state index in [0.717, 1.165) is 34.7 Å². The van der Waals surface area contributed by atoms with Crippen molar-refractivity contribution in [2.75, 3.05) is 6.61 Å². The Morgan fingerprint density at radius 2 is 1.83 bits per heavy atom. The summed E-state index contributed by atoms with van der Waals surface area (Å²) in [7, 11) is 0. The van der Waals surface area contributed by atoms with Crippen LogP contribution in [0.2, 0.25) is 0 Å². The number of esters is 1. The molecule has 0 atom stereocenters. The van der Waals surface area contributed by atoms with Crippen molar-refractivity contribution < 1.29 is 9.53 Å². The molecular formula is C25H27N3O2. The molecule has 0 saturated heterocycles. The number of aromatic nitrogens is 2. The van der Waals surface area contributed by atoms with Crippen molar-refractivity contribution in [2.24, 2.45) is 17.8 Å². The summed E-state index contributed by atoms with van der Waals surface area (Å²) in [6.45, 7) is 2.00. The average molecular weight is 402 g/mol. The van der Waals surface area contributed by atoms with Crippen LogP contribution in [0.1, 0.15) is 56.7 Å². The van der Waals surface area contributed by atoms with Gasteiger partial charge in [0, 0.05) is 17.2 Å². The van der Waals surface area contributed by atoms with Gasteiger partial charge < -0.3 is 4.74 Å². The summed E-state index contributed by atoms with van der Waals surface area (Å²) in [5.41, 5.74) is 3.02. The molecule has 0 amide bonds.